The summed E-state index contributed by atoms with van der Waals surface area (Å²) in [5, 5.41) is 0. The number of hydrogen-bond acceptors (Lipinski definition) is 1. The number of rotatable bonds is 3. The van der Waals surface area contributed by atoms with E-state index in [9.17, 15) is 4.79 Å². The fraction of sp³-hybridized carbons (Fsp3) is 0.833. The molecule has 1 atom stereocenters. The fourth-order valence-electron chi connectivity index (χ4n) is 0.523. The van der Waals surface area contributed by atoms with Crippen LogP contribution in [-0.4, -0.2) is 11.8 Å². The molecule has 2 N–H and O–H groups in total. The van der Waals surface area contributed by atoms with Gasteiger partial charge in [-0.3, -0.25) is 0 Å². The molecule has 0 heterocycles. The van der Waals surface area contributed by atoms with E-state index in [1.165, 1.54) is 0 Å². The molecule has 2 heteroatoms. The summed E-state index contributed by atoms with van der Waals surface area (Å²) in [5.41, 5.74) is 0. The normalized spacial score (nSPS) is 11.8. The summed E-state index contributed by atoms with van der Waals surface area (Å²) in [6.45, 7) is 4.02. The van der Waals surface area contributed by atoms with Crippen LogP contribution in [0.15, 0.2) is 0 Å². The van der Waals surface area contributed by atoms with E-state index in [2.05, 4.69) is 6.92 Å². The second-order valence-electron chi connectivity index (χ2n) is 1.90. The van der Waals surface area contributed by atoms with Gasteiger partial charge in [-0.2, -0.15) is 0 Å². The van der Waals surface area contributed by atoms with Crippen molar-refractivity contribution in [2.45, 2.75) is 26.7 Å². The molecule has 0 spiro atoms. The molecule has 2 nitrogen and oxygen atoms in total. The monoisotopic (exact) mass is 118 g/mol. The summed E-state index contributed by atoms with van der Waals surface area (Å²) in [7, 11) is 0. The lowest BCUT2D eigenvalue weighted by molar-refractivity contribution is -0.110. The largest absolute Gasteiger partial charge is 0.412 e. The zero-order valence-corrected chi connectivity index (χ0v) is 5.48. The Morgan fingerprint density at radius 3 is 2.25 bits per heavy atom. The van der Waals surface area contributed by atoms with Crippen LogP contribution < -0.4 is 0 Å². The molecule has 0 aliphatic heterocycles. The van der Waals surface area contributed by atoms with Crippen molar-refractivity contribution in [2.75, 3.05) is 0 Å². The van der Waals surface area contributed by atoms with Crippen LogP contribution in [0.25, 0.3) is 0 Å². The summed E-state index contributed by atoms with van der Waals surface area (Å²) >= 11 is 0. The van der Waals surface area contributed by atoms with Crippen molar-refractivity contribution in [3.05, 3.63) is 0 Å². The van der Waals surface area contributed by atoms with Gasteiger partial charge in [-0.25, -0.2) is 0 Å². The Labute approximate surface area is 50.2 Å². The Balaban J connectivity index is 0. The minimum absolute atomic E-state index is 0. The molecule has 50 valence electrons. The molecule has 0 amide bonds. The first kappa shape index (κ1) is 10.6. The predicted octanol–water partition coefficient (Wildman–Crippen LogP) is 0.797. The maximum atomic E-state index is 9.89. The molecule has 1 unspecified atom stereocenters. The van der Waals surface area contributed by atoms with Gasteiger partial charge in [0.05, 0.1) is 0 Å². The van der Waals surface area contributed by atoms with Gasteiger partial charge < -0.3 is 10.3 Å². The highest BCUT2D eigenvalue weighted by molar-refractivity contribution is 5.52. The Hall–Kier alpha value is -0.370. The van der Waals surface area contributed by atoms with Gasteiger partial charge in [0.2, 0.25) is 0 Å². The van der Waals surface area contributed by atoms with E-state index in [1.807, 2.05) is 6.92 Å². The van der Waals surface area contributed by atoms with Crippen molar-refractivity contribution in [3.63, 3.8) is 0 Å². The molecule has 0 aromatic rings. The van der Waals surface area contributed by atoms with E-state index in [-0.39, 0.29) is 11.4 Å². The standard InChI is InChI=1S/C6H12O.H2O/c1-3-4-6(2)5-7;/h5-6H,3-4H2,1-2H3;1H2. The molecule has 0 aliphatic carbocycles. The van der Waals surface area contributed by atoms with Crippen LogP contribution in [0.2, 0.25) is 0 Å². The third-order valence-corrected chi connectivity index (χ3v) is 0.976. The minimum Gasteiger partial charge on any atom is -0.412 e. The first-order valence-electron chi connectivity index (χ1n) is 2.76. The highest BCUT2D eigenvalue weighted by Crippen LogP contribution is 1.98. The molecule has 0 rings (SSSR count). The molecule has 0 radical (unpaired) electrons. The van der Waals surface area contributed by atoms with E-state index in [1.54, 1.807) is 0 Å². The van der Waals surface area contributed by atoms with Gasteiger partial charge in [0.25, 0.3) is 0 Å². The number of aldehydes is 1. The molecular weight excluding hydrogens is 104 g/mol. The lowest BCUT2D eigenvalue weighted by Crippen LogP contribution is -1.92. The molecule has 0 saturated heterocycles. The summed E-state index contributed by atoms with van der Waals surface area (Å²) in [4.78, 5) is 9.89. The van der Waals surface area contributed by atoms with Crippen molar-refractivity contribution in [3.8, 4) is 0 Å². The lowest BCUT2D eigenvalue weighted by atomic mass is 10.1. The van der Waals surface area contributed by atoms with Gasteiger partial charge >= 0.3 is 0 Å². The SMILES string of the molecule is CCCC(C)C=O.O. The van der Waals surface area contributed by atoms with E-state index >= 15 is 0 Å². The zero-order chi connectivity index (χ0) is 5.70. The van der Waals surface area contributed by atoms with Crippen LogP contribution in [0.3, 0.4) is 0 Å². The first-order chi connectivity index (χ1) is 3.31. The molecule has 0 saturated carbocycles. The van der Waals surface area contributed by atoms with Crippen LogP contribution in [0.4, 0.5) is 0 Å². The highest BCUT2D eigenvalue weighted by atomic mass is 16.1. The molecule has 8 heavy (non-hydrogen) atoms. The maximum absolute atomic E-state index is 9.89. The average molecular weight is 118 g/mol. The predicted molar refractivity (Wildman–Crippen MR) is 33.7 cm³/mol. The zero-order valence-electron chi connectivity index (χ0n) is 5.48. The molecular formula is C6H14O2. The third kappa shape index (κ3) is 5.63. The van der Waals surface area contributed by atoms with Crippen molar-refractivity contribution in [1.29, 1.82) is 0 Å². The third-order valence-electron chi connectivity index (χ3n) is 0.976. The van der Waals surface area contributed by atoms with Crippen molar-refractivity contribution in [1.82, 2.24) is 0 Å². The van der Waals surface area contributed by atoms with Gasteiger partial charge in [-0.1, -0.05) is 20.3 Å². The molecule has 0 aliphatic rings. The van der Waals surface area contributed by atoms with Gasteiger partial charge in [0.15, 0.2) is 0 Å². The number of carbonyl (C=O) groups excluding carboxylic acids is 1. The minimum atomic E-state index is 0. The van der Waals surface area contributed by atoms with Crippen LogP contribution in [-0.2, 0) is 4.79 Å². The Bertz CT molecular complexity index is 52.5. The van der Waals surface area contributed by atoms with Gasteiger partial charge in [-0.15, -0.1) is 0 Å². The van der Waals surface area contributed by atoms with Crippen molar-refractivity contribution < 1.29 is 10.3 Å². The van der Waals surface area contributed by atoms with Crippen molar-refractivity contribution >= 4 is 6.29 Å². The van der Waals surface area contributed by atoms with Gasteiger partial charge in [-0.05, 0) is 6.42 Å². The van der Waals surface area contributed by atoms with Crippen LogP contribution in [0.5, 0.6) is 0 Å². The summed E-state index contributed by atoms with van der Waals surface area (Å²) < 4.78 is 0. The molecule has 0 aromatic heterocycles. The van der Waals surface area contributed by atoms with Crippen LogP contribution in [0.1, 0.15) is 26.7 Å². The fourth-order valence-corrected chi connectivity index (χ4v) is 0.523. The van der Waals surface area contributed by atoms with Crippen LogP contribution >= 0.6 is 0 Å². The maximum Gasteiger partial charge on any atom is 0.122 e. The highest BCUT2D eigenvalue weighted by Gasteiger charge is 1.93. The Morgan fingerprint density at radius 2 is 2.12 bits per heavy atom. The smallest absolute Gasteiger partial charge is 0.122 e. The summed E-state index contributed by atoms with van der Waals surface area (Å²) in [5.74, 6) is 0.269. The Morgan fingerprint density at radius 1 is 1.62 bits per heavy atom. The van der Waals surface area contributed by atoms with E-state index in [0.29, 0.717) is 0 Å². The quantitative estimate of drug-likeness (QED) is 0.505. The summed E-state index contributed by atoms with van der Waals surface area (Å²) in [6, 6.07) is 0. The first-order valence-corrected chi connectivity index (χ1v) is 2.76. The molecule has 0 bridgehead atoms. The van der Waals surface area contributed by atoms with E-state index in [4.69, 9.17) is 0 Å². The topological polar surface area (TPSA) is 48.6 Å². The number of carbonyl (C=O) groups is 1. The van der Waals surface area contributed by atoms with Crippen molar-refractivity contribution in [2.24, 2.45) is 5.92 Å². The molecule has 0 fully saturated rings. The van der Waals surface area contributed by atoms with Crippen LogP contribution in [0, 0.1) is 5.92 Å². The average Bonchev–Trinajstić information content (AvgIpc) is 1.68. The van der Waals surface area contributed by atoms with Gasteiger partial charge in [0.1, 0.15) is 6.29 Å². The van der Waals surface area contributed by atoms with Gasteiger partial charge in [0, 0.05) is 5.92 Å². The molecule has 0 aromatic carbocycles. The van der Waals surface area contributed by atoms with E-state index < -0.39 is 0 Å². The Kier molecular flexibility index (Phi) is 8.77. The second-order valence-corrected chi connectivity index (χ2v) is 1.90. The number of hydrogen-bond donors (Lipinski definition) is 0. The lowest BCUT2D eigenvalue weighted by Gasteiger charge is -1.94. The van der Waals surface area contributed by atoms with E-state index in [0.717, 1.165) is 19.1 Å². The summed E-state index contributed by atoms with van der Waals surface area (Å²) in [6.07, 6.45) is 3.15. The second kappa shape index (κ2) is 6.63.